The van der Waals surface area contributed by atoms with Crippen molar-refractivity contribution in [2.75, 3.05) is 9.80 Å². The van der Waals surface area contributed by atoms with Crippen molar-refractivity contribution in [1.82, 2.24) is 0 Å². The number of hydrogen-bond donors (Lipinski definition) is 0. The first-order chi connectivity index (χ1) is 59.8. The molecule has 6 nitrogen and oxygen atoms in total. The first-order valence-corrected chi connectivity index (χ1v) is 42.3. The van der Waals surface area contributed by atoms with Crippen LogP contribution in [-0.2, 0) is 9.31 Å². The molecular weight excluding hydrogens is 1560 g/mol. The van der Waals surface area contributed by atoms with Gasteiger partial charge in [0.25, 0.3) is 0 Å². The minimum atomic E-state index is -0.364. The zero-order chi connectivity index (χ0) is 82.5. The average molecular weight is 1650 g/mol. The summed E-state index contributed by atoms with van der Waals surface area (Å²) in [6, 6.07) is 159. The average Bonchev–Trinajstić information content (AvgIpc) is 1.64. The number of fused-ring (bicyclic) bond motifs is 6. The number of anilines is 6. The van der Waals surface area contributed by atoms with Gasteiger partial charge in [0.1, 0.15) is 22.3 Å². The summed E-state index contributed by atoms with van der Waals surface area (Å²) in [4.78, 5) is 4.64. The fraction of sp³-hybridized carbons (Fsp3) is 0.0609. The minimum absolute atomic E-state index is 0. The Hall–Kier alpha value is -14.4. The molecule has 0 saturated carbocycles. The van der Waals surface area contributed by atoms with Gasteiger partial charge in [0, 0.05) is 71.3 Å². The van der Waals surface area contributed by atoms with Crippen molar-refractivity contribution < 1.29 is 18.1 Å². The summed E-state index contributed by atoms with van der Waals surface area (Å²) in [5.41, 5.74) is 31.8. The van der Waals surface area contributed by atoms with Gasteiger partial charge in [0.15, 0.2) is 0 Å². The maximum Gasteiger partial charge on any atom is 0.494 e. The molecule has 1 saturated heterocycles. The van der Waals surface area contributed by atoms with Crippen LogP contribution in [0.2, 0.25) is 0 Å². The monoisotopic (exact) mass is 1650 g/mol. The Kier molecular flexibility index (Phi) is 22.8. The Morgan fingerprint density at radius 3 is 0.780 bits per heavy atom. The van der Waals surface area contributed by atoms with E-state index in [1.165, 1.54) is 72.1 Å². The van der Waals surface area contributed by atoms with Crippen LogP contribution in [-0.4, -0.2) is 18.3 Å². The van der Waals surface area contributed by atoms with Gasteiger partial charge in [-0.3, -0.25) is 0 Å². The highest BCUT2D eigenvalue weighted by Crippen LogP contribution is 2.44. The summed E-state index contributed by atoms with van der Waals surface area (Å²) in [6.45, 7) is 8.34. The van der Waals surface area contributed by atoms with Crippen molar-refractivity contribution in [3.63, 3.8) is 0 Å². The van der Waals surface area contributed by atoms with Crippen LogP contribution in [0, 0.1) is 0 Å². The third kappa shape index (κ3) is 16.9. The molecule has 0 aliphatic carbocycles. The number of para-hydroxylation sites is 4. The van der Waals surface area contributed by atoms with E-state index in [9.17, 15) is 0 Å². The summed E-state index contributed by atoms with van der Waals surface area (Å²) < 4.78 is 26.0. The predicted octanol–water partition coefficient (Wildman–Crippen LogP) is 32.5. The first-order valence-electron chi connectivity index (χ1n) is 41.5. The number of benzene rings is 18. The minimum Gasteiger partial charge on any atom is -0.455 e. The third-order valence-corrected chi connectivity index (χ3v) is 24.1. The molecule has 8 heteroatoms. The van der Waals surface area contributed by atoms with Gasteiger partial charge in [0.2, 0.25) is 0 Å². The van der Waals surface area contributed by atoms with Crippen molar-refractivity contribution in [3.05, 3.63) is 453 Å². The van der Waals surface area contributed by atoms with Gasteiger partial charge in [-0.15, -0.1) is 0 Å². The summed E-state index contributed by atoms with van der Waals surface area (Å²) in [7, 11) is -0.364. The number of halogens is 1. The first kappa shape index (κ1) is 79.7. The normalized spacial score (nSPS) is 12.6. The zero-order valence-corrected chi connectivity index (χ0v) is 69.8. The molecule has 20 aromatic rings. The number of furan rings is 2. The van der Waals surface area contributed by atoms with Crippen LogP contribution in [0.3, 0.4) is 0 Å². The lowest BCUT2D eigenvalue weighted by Crippen LogP contribution is -2.41. The highest BCUT2D eigenvalue weighted by atomic mass is 79.9. The number of hydrogen-bond acceptors (Lipinski definition) is 6. The van der Waals surface area contributed by atoms with Crippen LogP contribution < -0.4 is 15.3 Å². The zero-order valence-electron chi connectivity index (χ0n) is 68.2. The molecule has 0 unspecified atom stereocenters. The van der Waals surface area contributed by atoms with Crippen LogP contribution in [0.25, 0.3) is 144 Å². The molecule has 0 amide bonds. The molecule has 0 spiro atoms. The Labute approximate surface area is 729 Å². The van der Waals surface area contributed by atoms with Crippen molar-refractivity contribution in [3.8, 4) is 100 Å². The van der Waals surface area contributed by atoms with E-state index < -0.39 is 0 Å². The van der Waals surface area contributed by atoms with Gasteiger partial charge < -0.3 is 27.9 Å². The largest absolute Gasteiger partial charge is 0.494 e. The molecular formula is C115H90BBrN2O4. The number of rotatable bonds is 16. The molecule has 21 rings (SSSR count). The summed E-state index contributed by atoms with van der Waals surface area (Å²) in [6.07, 6.45) is 0. The second kappa shape index (κ2) is 35.1. The molecule has 594 valence electrons. The topological polar surface area (TPSA) is 51.2 Å². The van der Waals surface area contributed by atoms with Crippen LogP contribution in [0.1, 0.15) is 35.1 Å². The van der Waals surface area contributed by atoms with Gasteiger partial charge in [-0.2, -0.15) is 0 Å². The van der Waals surface area contributed by atoms with Gasteiger partial charge in [-0.05, 0) is 225 Å². The van der Waals surface area contributed by atoms with Crippen molar-refractivity contribution in [1.29, 1.82) is 0 Å². The smallest absolute Gasteiger partial charge is 0.455 e. The van der Waals surface area contributed by atoms with Crippen molar-refractivity contribution in [2.24, 2.45) is 0 Å². The van der Waals surface area contributed by atoms with E-state index in [1.807, 2.05) is 42.5 Å². The second-order valence-electron chi connectivity index (χ2n) is 31.9. The molecule has 18 aromatic carbocycles. The van der Waals surface area contributed by atoms with E-state index in [4.69, 9.17) is 18.1 Å². The predicted molar refractivity (Wildman–Crippen MR) is 522 cm³/mol. The van der Waals surface area contributed by atoms with Gasteiger partial charge >= 0.3 is 7.12 Å². The van der Waals surface area contributed by atoms with Gasteiger partial charge in [0.05, 0.1) is 11.2 Å². The fourth-order valence-electron chi connectivity index (χ4n) is 16.4. The lowest BCUT2D eigenvalue weighted by Gasteiger charge is -2.32. The molecule has 0 N–H and O–H groups in total. The van der Waals surface area contributed by atoms with E-state index in [0.29, 0.717) is 0 Å². The molecule has 123 heavy (non-hydrogen) atoms. The standard InChI is InChI=1S/C54H37NO.C42H38BNO2.C18H11BrO.CH4/c1-3-11-38(12-4-1)41-25-31-47(32-26-41)55(48-33-27-42(28-34-48)39-13-5-2-6-14-39)49-35-29-43(30-36-49)40-21-23-44(24-22-40)45-15-9-16-46(37-45)50-18-10-19-52-51-17-7-8-20-53(51)56-54(50)52;1-41(2)42(3,4)46-43(45-41)37-23-15-33(16-24-37)36-21-29-40(30-22-36)44(38-25-17-34(18-26-38)31-11-7-5-8-12-31)39-27-19-35(20-28-39)32-13-9-6-10-14-32;19-13-6-3-5-12(11-13)14-8-4-9-16-15-7-1-2-10-17(15)20-18(14)16;/h1-37H;5-30H,1-4H3;1-11H;1H4. The Bertz CT molecular complexity index is 6820. The highest BCUT2D eigenvalue weighted by molar-refractivity contribution is 9.10. The highest BCUT2D eigenvalue weighted by Gasteiger charge is 2.51. The molecule has 1 aliphatic heterocycles. The maximum atomic E-state index is 6.36. The molecule has 1 fully saturated rings. The maximum absolute atomic E-state index is 6.36. The van der Waals surface area contributed by atoms with Crippen LogP contribution >= 0.6 is 15.9 Å². The lowest BCUT2D eigenvalue weighted by atomic mass is 9.78. The van der Waals surface area contributed by atoms with E-state index in [0.717, 1.165) is 116 Å². The Balaban J connectivity index is 0.000000138. The van der Waals surface area contributed by atoms with Crippen LogP contribution in [0.15, 0.2) is 462 Å². The van der Waals surface area contributed by atoms with E-state index >= 15 is 0 Å². The van der Waals surface area contributed by atoms with E-state index in [2.05, 4.69) is 460 Å². The fourth-order valence-corrected chi connectivity index (χ4v) is 16.8. The van der Waals surface area contributed by atoms with Crippen molar-refractivity contribution in [2.45, 2.75) is 46.3 Å². The Morgan fingerprint density at radius 2 is 0.455 bits per heavy atom. The summed E-state index contributed by atoms with van der Waals surface area (Å²) in [5, 5.41) is 4.62. The van der Waals surface area contributed by atoms with E-state index in [1.54, 1.807) is 0 Å². The van der Waals surface area contributed by atoms with E-state index in [-0.39, 0.29) is 25.7 Å². The third-order valence-electron chi connectivity index (χ3n) is 23.6. The SMILES string of the molecule is Brc1cccc(-c2cccc3c2oc2ccccc23)c1.C.CC1(C)OB(c2ccc(-c3ccc(N(c4ccc(-c5ccccc5)cc4)c4ccc(-c5ccccc5)cc4)cc3)cc2)OC1(C)C.c1ccc(-c2ccc(N(c3ccc(-c4ccccc4)cc3)c3ccc(-c4ccc(-c5cccc(-c6cccc7c6oc6ccccc67)c5)cc4)cc3)cc2)cc1. The molecule has 0 bridgehead atoms. The quantitative estimate of drug-likeness (QED) is 0.0899. The van der Waals surface area contributed by atoms with Crippen molar-refractivity contribution >= 4 is 107 Å². The Morgan fingerprint density at radius 1 is 0.220 bits per heavy atom. The lowest BCUT2D eigenvalue weighted by molar-refractivity contribution is 0.00578. The summed E-state index contributed by atoms with van der Waals surface area (Å²) in [5.74, 6) is 0. The van der Waals surface area contributed by atoms with Crippen LogP contribution in [0.4, 0.5) is 34.1 Å². The van der Waals surface area contributed by atoms with Crippen LogP contribution in [0.5, 0.6) is 0 Å². The van der Waals surface area contributed by atoms with Gasteiger partial charge in [-0.1, -0.05) is 369 Å². The second-order valence-corrected chi connectivity index (χ2v) is 32.8. The molecule has 0 atom stereocenters. The number of nitrogens with zero attached hydrogens (tertiary/aromatic N) is 2. The molecule has 3 heterocycles. The molecule has 0 radical (unpaired) electrons. The molecule has 1 aliphatic rings. The van der Waals surface area contributed by atoms with Gasteiger partial charge in [-0.25, -0.2) is 0 Å². The molecule has 2 aromatic heterocycles. The summed E-state index contributed by atoms with van der Waals surface area (Å²) >= 11 is 3.53.